The standard InChI is InChI=1S/C28H43N3/c1-19-5-6-22-7-8-23-25-10-9-24(20(2)17-31-18-21(15-29)16-30-31)28(25,4)14-12-26(23)27(22,3)13-11-19/h16,18-20,22-26H,5-14,17H2,1-4H3/t19-,20?,22?,23+,24-,25?,26?,27+,28-/m1/s1. The van der Waals surface area contributed by atoms with Gasteiger partial charge in [0.15, 0.2) is 0 Å². The predicted molar refractivity (Wildman–Crippen MR) is 125 cm³/mol. The van der Waals surface area contributed by atoms with Crippen LogP contribution in [0.5, 0.6) is 0 Å². The van der Waals surface area contributed by atoms with Crippen LogP contribution < -0.4 is 0 Å². The molecule has 4 fully saturated rings. The van der Waals surface area contributed by atoms with Gasteiger partial charge in [-0.15, -0.1) is 0 Å². The molecular weight excluding hydrogens is 378 g/mol. The van der Waals surface area contributed by atoms with Crippen molar-refractivity contribution in [2.75, 3.05) is 0 Å². The number of hydrogen-bond donors (Lipinski definition) is 0. The van der Waals surface area contributed by atoms with Gasteiger partial charge < -0.3 is 0 Å². The lowest BCUT2D eigenvalue weighted by molar-refractivity contribution is -0.103. The maximum Gasteiger partial charge on any atom is 0.102 e. The first-order valence-electron chi connectivity index (χ1n) is 13.3. The van der Waals surface area contributed by atoms with E-state index < -0.39 is 0 Å². The summed E-state index contributed by atoms with van der Waals surface area (Å²) in [6, 6.07) is 2.22. The molecule has 0 radical (unpaired) electrons. The molecule has 5 rings (SSSR count). The van der Waals surface area contributed by atoms with E-state index in [0.717, 1.165) is 42.1 Å². The molecule has 4 aliphatic rings. The fourth-order valence-corrected chi connectivity index (χ4v) is 9.50. The third-order valence-electron chi connectivity index (χ3n) is 11.2. The summed E-state index contributed by atoms with van der Waals surface area (Å²) in [6.07, 6.45) is 18.3. The Morgan fingerprint density at radius 3 is 2.55 bits per heavy atom. The molecule has 0 aliphatic heterocycles. The predicted octanol–water partition coefficient (Wildman–Crippen LogP) is 7.08. The molecule has 4 unspecified atom stereocenters. The molecule has 1 aromatic rings. The molecule has 3 heteroatoms. The zero-order valence-corrected chi connectivity index (χ0v) is 20.3. The van der Waals surface area contributed by atoms with Gasteiger partial charge in [0.05, 0.1) is 11.8 Å². The Morgan fingerprint density at radius 2 is 1.77 bits per heavy atom. The summed E-state index contributed by atoms with van der Waals surface area (Å²) in [5.41, 5.74) is 1.81. The van der Waals surface area contributed by atoms with E-state index in [1.807, 2.05) is 10.9 Å². The van der Waals surface area contributed by atoms with Crippen molar-refractivity contribution in [1.82, 2.24) is 9.78 Å². The summed E-state index contributed by atoms with van der Waals surface area (Å²) in [7, 11) is 0. The topological polar surface area (TPSA) is 41.6 Å². The van der Waals surface area contributed by atoms with Gasteiger partial charge in [0.2, 0.25) is 0 Å². The normalized spacial score (nSPS) is 45.6. The van der Waals surface area contributed by atoms with E-state index in [1.165, 1.54) is 64.2 Å². The Labute approximate surface area is 190 Å². The molecule has 1 aromatic heterocycles. The van der Waals surface area contributed by atoms with Gasteiger partial charge in [0.1, 0.15) is 6.07 Å². The molecule has 0 N–H and O–H groups in total. The van der Waals surface area contributed by atoms with Crippen LogP contribution in [0.2, 0.25) is 0 Å². The Hall–Kier alpha value is -1.30. The smallest absolute Gasteiger partial charge is 0.102 e. The molecule has 0 bridgehead atoms. The van der Waals surface area contributed by atoms with Crippen LogP contribution in [0, 0.1) is 63.6 Å². The van der Waals surface area contributed by atoms with Gasteiger partial charge >= 0.3 is 0 Å². The summed E-state index contributed by atoms with van der Waals surface area (Å²) in [5.74, 6) is 6.25. The van der Waals surface area contributed by atoms with Crippen molar-refractivity contribution in [3.05, 3.63) is 18.0 Å². The SMILES string of the molecule is CC(Cn1cc(C#N)cn1)[C@H]1CCC2[C@@H]3CCC4CC[C@@H](C)CC[C@]4(C)C3CC[C@@]21C. The van der Waals surface area contributed by atoms with Gasteiger partial charge in [0.25, 0.3) is 0 Å². The number of hydrogen-bond acceptors (Lipinski definition) is 2. The summed E-state index contributed by atoms with van der Waals surface area (Å²) < 4.78 is 2.02. The zero-order valence-electron chi connectivity index (χ0n) is 20.3. The molecule has 9 atom stereocenters. The minimum absolute atomic E-state index is 0.507. The van der Waals surface area contributed by atoms with E-state index in [0.29, 0.717) is 22.3 Å². The average molecular weight is 422 g/mol. The lowest BCUT2D eigenvalue weighted by Gasteiger charge is -2.59. The van der Waals surface area contributed by atoms with Crippen LogP contribution >= 0.6 is 0 Å². The molecule has 0 spiro atoms. The first-order chi connectivity index (χ1) is 14.8. The maximum atomic E-state index is 9.13. The first-order valence-corrected chi connectivity index (χ1v) is 13.3. The van der Waals surface area contributed by atoms with E-state index in [4.69, 9.17) is 5.26 Å². The second kappa shape index (κ2) is 7.93. The Morgan fingerprint density at radius 1 is 1.03 bits per heavy atom. The highest BCUT2D eigenvalue weighted by molar-refractivity contribution is 5.21. The van der Waals surface area contributed by atoms with Crippen LogP contribution in [0.3, 0.4) is 0 Å². The molecule has 170 valence electrons. The third-order valence-corrected chi connectivity index (χ3v) is 11.2. The van der Waals surface area contributed by atoms with Crippen molar-refractivity contribution in [1.29, 1.82) is 5.26 Å². The lowest BCUT2D eigenvalue weighted by Crippen LogP contribution is -2.52. The van der Waals surface area contributed by atoms with Gasteiger partial charge in [-0.1, -0.05) is 40.5 Å². The summed E-state index contributed by atoms with van der Waals surface area (Å²) >= 11 is 0. The molecule has 1 heterocycles. The lowest BCUT2D eigenvalue weighted by atomic mass is 9.46. The maximum absolute atomic E-state index is 9.13. The molecule has 4 aliphatic carbocycles. The van der Waals surface area contributed by atoms with Crippen molar-refractivity contribution < 1.29 is 0 Å². The molecule has 0 amide bonds. The molecule has 31 heavy (non-hydrogen) atoms. The van der Waals surface area contributed by atoms with Crippen LogP contribution in [0.1, 0.15) is 97.5 Å². The second-order valence-corrected chi connectivity index (χ2v) is 12.6. The van der Waals surface area contributed by atoms with Gasteiger partial charge in [-0.3, -0.25) is 4.68 Å². The van der Waals surface area contributed by atoms with Gasteiger partial charge in [-0.05, 0) is 104 Å². The van der Waals surface area contributed by atoms with Crippen molar-refractivity contribution in [3.63, 3.8) is 0 Å². The quantitative estimate of drug-likeness (QED) is 0.523. The highest BCUT2D eigenvalue weighted by Gasteiger charge is 2.60. The molecule has 3 nitrogen and oxygen atoms in total. The summed E-state index contributed by atoms with van der Waals surface area (Å²) in [5, 5.41) is 13.6. The van der Waals surface area contributed by atoms with Crippen molar-refractivity contribution in [2.24, 2.45) is 52.3 Å². The van der Waals surface area contributed by atoms with Gasteiger partial charge in [-0.25, -0.2) is 0 Å². The number of rotatable bonds is 3. The number of nitriles is 1. The Kier molecular flexibility index (Phi) is 5.51. The van der Waals surface area contributed by atoms with Crippen LogP contribution in [-0.4, -0.2) is 9.78 Å². The second-order valence-electron chi connectivity index (χ2n) is 12.6. The van der Waals surface area contributed by atoms with Crippen LogP contribution in [0.25, 0.3) is 0 Å². The third kappa shape index (κ3) is 3.48. The highest BCUT2D eigenvalue weighted by Crippen LogP contribution is 2.68. The van der Waals surface area contributed by atoms with E-state index in [1.54, 1.807) is 6.20 Å². The van der Waals surface area contributed by atoms with Crippen LogP contribution in [0.4, 0.5) is 0 Å². The van der Waals surface area contributed by atoms with E-state index in [2.05, 4.69) is 38.9 Å². The monoisotopic (exact) mass is 421 g/mol. The van der Waals surface area contributed by atoms with Gasteiger partial charge in [-0.2, -0.15) is 10.4 Å². The first kappa shape index (κ1) is 21.5. The summed E-state index contributed by atoms with van der Waals surface area (Å²) in [4.78, 5) is 0. The van der Waals surface area contributed by atoms with E-state index >= 15 is 0 Å². The van der Waals surface area contributed by atoms with Crippen LogP contribution in [0.15, 0.2) is 12.4 Å². The van der Waals surface area contributed by atoms with E-state index in [-0.39, 0.29) is 0 Å². The number of fused-ring (bicyclic) bond motifs is 5. The highest BCUT2D eigenvalue weighted by atomic mass is 15.3. The minimum atomic E-state index is 0.507. The minimum Gasteiger partial charge on any atom is -0.271 e. The largest absolute Gasteiger partial charge is 0.271 e. The van der Waals surface area contributed by atoms with Crippen molar-refractivity contribution in [3.8, 4) is 6.07 Å². The van der Waals surface area contributed by atoms with Gasteiger partial charge in [0, 0.05) is 12.7 Å². The number of aromatic nitrogens is 2. The summed E-state index contributed by atoms with van der Waals surface area (Å²) in [6.45, 7) is 11.3. The van der Waals surface area contributed by atoms with Crippen molar-refractivity contribution in [2.45, 2.75) is 98.4 Å². The van der Waals surface area contributed by atoms with Crippen molar-refractivity contribution >= 4 is 0 Å². The molecule has 0 saturated heterocycles. The van der Waals surface area contributed by atoms with Crippen LogP contribution in [-0.2, 0) is 6.54 Å². The van der Waals surface area contributed by atoms with E-state index in [9.17, 15) is 0 Å². The zero-order chi connectivity index (χ0) is 21.8. The molecule has 0 aromatic carbocycles. The molecular formula is C28H43N3. The number of nitrogens with zero attached hydrogens (tertiary/aromatic N) is 3. The average Bonchev–Trinajstić information content (AvgIpc) is 3.31. The molecule has 4 saturated carbocycles. The Balaban J connectivity index is 1.33. The fourth-order valence-electron chi connectivity index (χ4n) is 9.50. The Bertz CT molecular complexity index is 836. The fraction of sp³-hybridized carbons (Fsp3) is 0.857.